The number of hydrogen-bond acceptors (Lipinski definition) is 2. The van der Waals surface area contributed by atoms with Gasteiger partial charge in [0.25, 0.3) is 0 Å². The summed E-state index contributed by atoms with van der Waals surface area (Å²) in [5.74, 6) is 0. The SMILES string of the molecule is c1ccc(-c2ccc(-c3cccc4oc5c6ccccc6c(N(c6ccc7c(c6)C6(c8ccccc8-c8ccccc86)c6ccccc6-7)c6ccccc6-c6ccccc6)cc5c34)cc2)cc1. The third-order valence-electron chi connectivity index (χ3n) is 14.5. The van der Waals surface area contributed by atoms with Crippen LogP contribution in [0.5, 0.6) is 0 Å². The minimum Gasteiger partial charge on any atom is -0.455 e. The number of anilines is 3. The fourth-order valence-corrected chi connectivity index (χ4v) is 11.7. The molecule has 0 aliphatic heterocycles. The normalized spacial score (nSPS) is 12.9. The Morgan fingerprint density at radius 1 is 0.299 bits per heavy atom. The minimum atomic E-state index is -0.489. The van der Waals surface area contributed by atoms with Crippen molar-refractivity contribution >= 4 is 49.8 Å². The first-order valence-corrected chi connectivity index (χ1v) is 23.2. The molecule has 0 atom stereocenters. The monoisotopic (exact) mass is 851 g/mol. The van der Waals surface area contributed by atoms with E-state index in [1.807, 2.05) is 0 Å². The molecule has 2 nitrogen and oxygen atoms in total. The summed E-state index contributed by atoms with van der Waals surface area (Å²) in [6.45, 7) is 0. The van der Waals surface area contributed by atoms with Crippen molar-refractivity contribution in [2.24, 2.45) is 0 Å². The summed E-state index contributed by atoms with van der Waals surface area (Å²) >= 11 is 0. The van der Waals surface area contributed by atoms with Gasteiger partial charge in [0.2, 0.25) is 0 Å². The van der Waals surface area contributed by atoms with E-state index >= 15 is 0 Å². The van der Waals surface area contributed by atoms with E-state index in [1.165, 1.54) is 55.6 Å². The molecule has 1 heterocycles. The third kappa shape index (κ3) is 5.45. The largest absolute Gasteiger partial charge is 0.455 e. The second-order valence-electron chi connectivity index (χ2n) is 17.9. The molecule has 12 aromatic rings. The van der Waals surface area contributed by atoms with Crippen molar-refractivity contribution in [2.75, 3.05) is 4.90 Å². The van der Waals surface area contributed by atoms with E-state index in [0.29, 0.717) is 0 Å². The molecule has 14 rings (SSSR count). The fourth-order valence-electron chi connectivity index (χ4n) is 11.7. The molecule has 0 amide bonds. The first-order chi connectivity index (χ1) is 33.3. The van der Waals surface area contributed by atoms with Crippen molar-refractivity contribution in [1.29, 1.82) is 0 Å². The number of rotatable bonds is 6. The first-order valence-electron chi connectivity index (χ1n) is 23.2. The average Bonchev–Trinajstić information content (AvgIpc) is 4.04. The molecule has 11 aromatic carbocycles. The maximum Gasteiger partial charge on any atom is 0.143 e. The van der Waals surface area contributed by atoms with Crippen LogP contribution in [0, 0.1) is 0 Å². The Labute approximate surface area is 389 Å². The van der Waals surface area contributed by atoms with Crippen LogP contribution >= 0.6 is 0 Å². The van der Waals surface area contributed by atoms with Gasteiger partial charge in [0.15, 0.2) is 0 Å². The number of hydrogen-bond donors (Lipinski definition) is 0. The molecule has 2 aliphatic rings. The molecule has 0 saturated carbocycles. The van der Waals surface area contributed by atoms with Gasteiger partial charge in [-0.25, -0.2) is 0 Å². The van der Waals surface area contributed by atoms with Crippen LogP contribution in [0.2, 0.25) is 0 Å². The highest BCUT2D eigenvalue weighted by molar-refractivity contribution is 6.23. The summed E-state index contributed by atoms with van der Waals surface area (Å²) in [6, 6.07) is 91.2. The summed E-state index contributed by atoms with van der Waals surface area (Å²) < 4.78 is 6.97. The number of furan rings is 1. The molecular weight excluding hydrogens is 811 g/mol. The zero-order valence-electron chi connectivity index (χ0n) is 36.5. The highest BCUT2D eigenvalue weighted by Crippen LogP contribution is 2.63. The van der Waals surface area contributed by atoms with E-state index < -0.39 is 5.41 Å². The summed E-state index contributed by atoms with van der Waals surface area (Å²) in [6.07, 6.45) is 0. The van der Waals surface area contributed by atoms with Crippen molar-refractivity contribution in [2.45, 2.75) is 5.41 Å². The Bertz CT molecular complexity index is 3860. The molecule has 0 saturated heterocycles. The summed E-state index contributed by atoms with van der Waals surface area (Å²) in [5.41, 5.74) is 22.0. The second kappa shape index (κ2) is 14.7. The van der Waals surface area contributed by atoms with E-state index in [0.717, 1.165) is 72.0 Å². The van der Waals surface area contributed by atoms with Gasteiger partial charge in [0, 0.05) is 32.8 Å². The van der Waals surface area contributed by atoms with Crippen molar-refractivity contribution in [3.63, 3.8) is 0 Å². The lowest BCUT2D eigenvalue weighted by molar-refractivity contribution is 0.673. The van der Waals surface area contributed by atoms with E-state index in [1.54, 1.807) is 0 Å². The fraction of sp³-hybridized carbons (Fsp3) is 0.0154. The molecule has 0 unspecified atom stereocenters. The van der Waals surface area contributed by atoms with Gasteiger partial charge in [0.05, 0.1) is 16.8 Å². The van der Waals surface area contributed by atoms with E-state index in [2.05, 4.69) is 254 Å². The van der Waals surface area contributed by atoms with E-state index in [-0.39, 0.29) is 0 Å². The average molecular weight is 852 g/mol. The van der Waals surface area contributed by atoms with Gasteiger partial charge in [0.1, 0.15) is 11.2 Å². The molecule has 2 heteroatoms. The van der Waals surface area contributed by atoms with Gasteiger partial charge >= 0.3 is 0 Å². The summed E-state index contributed by atoms with van der Waals surface area (Å²) in [4.78, 5) is 2.52. The van der Waals surface area contributed by atoms with Crippen LogP contribution in [0.25, 0.3) is 88.3 Å². The van der Waals surface area contributed by atoms with Crippen LogP contribution in [-0.4, -0.2) is 0 Å². The van der Waals surface area contributed by atoms with Crippen molar-refractivity contribution in [1.82, 2.24) is 0 Å². The zero-order chi connectivity index (χ0) is 44.1. The van der Waals surface area contributed by atoms with Crippen LogP contribution in [0.3, 0.4) is 0 Å². The first kappa shape index (κ1) is 37.6. The lowest BCUT2D eigenvalue weighted by Gasteiger charge is -2.33. The molecule has 0 radical (unpaired) electrons. The Kier molecular flexibility index (Phi) is 8.23. The molecule has 1 aromatic heterocycles. The van der Waals surface area contributed by atoms with Crippen LogP contribution in [0.15, 0.2) is 253 Å². The van der Waals surface area contributed by atoms with Crippen molar-refractivity contribution in [3.05, 3.63) is 271 Å². The molecule has 0 fully saturated rings. The van der Waals surface area contributed by atoms with E-state index in [9.17, 15) is 0 Å². The predicted molar refractivity (Wildman–Crippen MR) is 279 cm³/mol. The summed E-state index contributed by atoms with van der Waals surface area (Å²) in [7, 11) is 0. The lowest BCUT2D eigenvalue weighted by atomic mass is 9.70. The maximum absolute atomic E-state index is 6.97. The van der Waals surface area contributed by atoms with Gasteiger partial charge in [-0.1, -0.05) is 218 Å². The summed E-state index contributed by atoms with van der Waals surface area (Å²) in [5, 5.41) is 4.37. The van der Waals surface area contributed by atoms with Gasteiger partial charge in [-0.15, -0.1) is 0 Å². The molecule has 312 valence electrons. The Morgan fingerprint density at radius 2 is 0.791 bits per heavy atom. The minimum absolute atomic E-state index is 0.489. The highest BCUT2D eigenvalue weighted by atomic mass is 16.3. The lowest BCUT2D eigenvalue weighted by Crippen LogP contribution is -2.26. The van der Waals surface area contributed by atoms with Gasteiger partial charge in [-0.3, -0.25) is 0 Å². The molecule has 67 heavy (non-hydrogen) atoms. The Morgan fingerprint density at radius 3 is 1.46 bits per heavy atom. The Hall–Kier alpha value is -8.72. The highest BCUT2D eigenvalue weighted by Gasteiger charge is 2.51. The van der Waals surface area contributed by atoms with Crippen LogP contribution in [0.4, 0.5) is 17.1 Å². The number of benzene rings is 11. The third-order valence-corrected chi connectivity index (χ3v) is 14.5. The smallest absolute Gasteiger partial charge is 0.143 e. The Balaban J connectivity index is 1.06. The number of nitrogens with zero attached hydrogens (tertiary/aromatic N) is 1. The number of para-hydroxylation sites is 1. The topological polar surface area (TPSA) is 16.4 Å². The molecular formula is C65H41NO. The van der Waals surface area contributed by atoms with Crippen molar-refractivity contribution in [3.8, 4) is 55.6 Å². The van der Waals surface area contributed by atoms with Crippen LogP contribution in [0.1, 0.15) is 22.3 Å². The molecule has 1 spiro atoms. The van der Waals surface area contributed by atoms with Crippen molar-refractivity contribution < 1.29 is 4.42 Å². The zero-order valence-corrected chi connectivity index (χ0v) is 36.5. The molecule has 0 bridgehead atoms. The number of fused-ring (bicyclic) bond motifs is 15. The maximum atomic E-state index is 6.97. The molecule has 2 aliphatic carbocycles. The standard InChI is InChI=1S/C65H41NO/c1-3-18-42(19-4-1)43-34-36-45(37-35-43)48-28-17-33-62-63(48)55-41-61(53-26-7-8-27-54(53)64(55)67-62)66(60-32-16-12-22-47(60)44-20-5-2-6-21-44)46-38-39-52-51-25-11-15-31-58(51)65(59(52)40-46)56-29-13-9-23-49(56)50-24-10-14-30-57(50)65/h1-41H. The predicted octanol–water partition coefficient (Wildman–Crippen LogP) is 17.6. The van der Waals surface area contributed by atoms with Gasteiger partial charge in [-0.2, -0.15) is 0 Å². The van der Waals surface area contributed by atoms with Crippen LogP contribution < -0.4 is 4.90 Å². The van der Waals surface area contributed by atoms with E-state index in [4.69, 9.17) is 4.42 Å². The van der Waals surface area contributed by atoms with Gasteiger partial charge in [-0.05, 0) is 103 Å². The quantitative estimate of drug-likeness (QED) is 0.166. The second-order valence-corrected chi connectivity index (χ2v) is 17.9. The van der Waals surface area contributed by atoms with Gasteiger partial charge < -0.3 is 9.32 Å². The van der Waals surface area contributed by atoms with Crippen LogP contribution in [-0.2, 0) is 5.41 Å². The molecule has 0 N–H and O–H groups in total.